The fourth-order valence-electron chi connectivity index (χ4n) is 5.61. The van der Waals surface area contributed by atoms with Gasteiger partial charge in [-0.15, -0.1) is 0 Å². The third kappa shape index (κ3) is 9.79. The number of benzene rings is 1. The van der Waals surface area contributed by atoms with Crippen LogP contribution in [0.1, 0.15) is 73.8 Å². The van der Waals surface area contributed by atoms with E-state index in [9.17, 15) is 24.0 Å². The van der Waals surface area contributed by atoms with Crippen molar-refractivity contribution in [2.24, 2.45) is 23.7 Å². The number of nitrogens with zero attached hydrogens (tertiary/aromatic N) is 2. The minimum absolute atomic E-state index is 0.0636. The first-order chi connectivity index (χ1) is 20.0. The number of carbonyl (C=O) groups excluding carboxylic acids is 5. The van der Waals surface area contributed by atoms with Crippen molar-refractivity contribution in [1.29, 1.82) is 0 Å². The second-order valence-electron chi connectivity index (χ2n) is 13.4. The lowest BCUT2D eigenvalue weighted by Gasteiger charge is -2.35. The fraction of sp³-hybridized carbons (Fsp3) is 0.667. The number of nitrogens with one attached hydrogen (secondary N) is 3. The molecule has 10 nitrogen and oxygen atoms in total. The van der Waals surface area contributed by atoms with Gasteiger partial charge < -0.3 is 25.8 Å². The third-order valence-electron chi connectivity index (χ3n) is 7.95. The Morgan fingerprint density at radius 1 is 0.628 bits per heavy atom. The first-order valence-corrected chi connectivity index (χ1v) is 15.5. The lowest BCUT2D eigenvalue weighted by molar-refractivity contribution is -0.145. The smallest absolute Gasteiger partial charge is 0.245 e. The van der Waals surface area contributed by atoms with Gasteiger partial charge in [0.05, 0.1) is 0 Å². The Bertz CT molecular complexity index is 1120. The second-order valence-corrected chi connectivity index (χ2v) is 13.4. The van der Waals surface area contributed by atoms with Crippen molar-refractivity contribution in [3.8, 4) is 0 Å². The van der Waals surface area contributed by atoms with Crippen LogP contribution in [0.4, 0.5) is 0 Å². The molecule has 1 heterocycles. The highest BCUT2D eigenvalue weighted by Crippen LogP contribution is 2.19. The third-order valence-corrected chi connectivity index (χ3v) is 7.95. The molecule has 1 saturated heterocycles. The molecule has 10 heteroatoms. The van der Waals surface area contributed by atoms with Gasteiger partial charge in [0.1, 0.15) is 30.2 Å². The van der Waals surface area contributed by atoms with Gasteiger partial charge in [0, 0.05) is 20.5 Å². The largest absolute Gasteiger partial charge is 0.342 e. The molecular weight excluding hydrogens is 546 g/mol. The summed E-state index contributed by atoms with van der Waals surface area (Å²) in [5.41, 5.74) is 0.842. The standard InChI is InChI=1S/C33H53N5O5/c1-19(2)16-24-29(39)36-27(21(5)6)33(43)37(9)26(17-20(3)4)30(40)35-25(18-23-14-12-11-13-15-23)32(42)38(10)28(22(7)8)31(41)34-24/h11-15,19-22,24-28H,16-18H2,1-10H3,(H,34,41)(H,35,40)(H,36,39)/t24-,25-,26-,27-,28-/m1/s1. The van der Waals surface area contributed by atoms with Crippen molar-refractivity contribution in [3.63, 3.8) is 0 Å². The molecule has 1 aliphatic rings. The minimum atomic E-state index is -0.982. The molecule has 5 amide bonds. The summed E-state index contributed by atoms with van der Waals surface area (Å²) in [6, 6.07) is 4.78. The molecule has 1 fully saturated rings. The van der Waals surface area contributed by atoms with Gasteiger partial charge >= 0.3 is 0 Å². The van der Waals surface area contributed by atoms with Crippen molar-refractivity contribution in [3.05, 3.63) is 35.9 Å². The number of hydrogen-bond acceptors (Lipinski definition) is 5. The van der Waals surface area contributed by atoms with Gasteiger partial charge in [-0.1, -0.05) is 85.7 Å². The summed E-state index contributed by atoms with van der Waals surface area (Å²) in [6.07, 6.45) is 0.917. The van der Waals surface area contributed by atoms with Crippen molar-refractivity contribution in [2.45, 2.75) is 105 Å². The van der Waals surface area contributed by atoms with E-state index in [4.69, 9.17) is 0 Å². The van der Waals surface area contributed by atoms with E-state index in [1.54, 1.807) is 14.1 Å². The van der Waals surface area contributed by atoms with Gasteiger partial charge in [0.15, 0.2) is 0 Å². The molecule has 2 rings (SSSR count). The predicted octanol–water partition coefficient (Wildman–Crippen LogP) is 2.76. The maximum absolute atomic E-state index is 14.1. The zero-order chi connectivity index (χ0) is 32.6. The number of carbonyl (C=O) groups is 5. The monoisotopic (exact) mass is 599 g/mol. The molecule has 5 atom stereocenters. The predicted molar refractivity (Wildman–Crippen MR) is 168 cm³/mol. The highest BCUT2D eigenvalue weighted by Gasteiger charge is 2.40. The van der Waals surface area contributed by atoms with E-state index >= 15 is 0 Å². The molecule has 240 valence electrons. The van der Waals surface area contributed by atoms with E-state index in [1.165, 1.54) is 9.80 Å². The van der Waals surface area contributed by atoms with Crippen molar-refractivity contribution in [2.75, 3.05) is 14.1 Å². The summed E-state index contributed by atoms with van der Waals surface area (Å²) >= 11 is 0. The van der Waals surface area contributed by atoms with E-state index in [1.807, 2.05) is 85.7 Å². The molecule has 0 aromatic heterocycles. The summed E-state index contributed by atoms with van der Waals surface area (Å²) in [5, 5.41) is 8.71. The van der Waals surface area contributed by atoms with Crippen molar-refractivity contribution < 1.29 is 24.0 Å². The molecule has 0 saturated carbocycles. The molecule has 1 aromatic rings. The van der Waals surface area contributed by atoms with E-state index in [0.29, 0.717) is 12.8 Å². The molecule has 0 spiro atoms. The maximum atomic E-state index is 14.1. The topological polar surface area (TPSA) is 128 Å². The van der Waals surface area contributed by atoms with Crippen LogP contribution in [0.3, 0.4) is 0 Å². The van der Waals surface area contributed by atoms with Crippen LogP contribution in [-0.4, -0.2) is 83.6 Å². The Kier molecular flexibility index (Phi) is 13.2. The van der Waals surface area contributed by atoms with Crippen LogP contribution in [0.2, 0.25) is 0 Å². The first-order valence-electron chi connectivity index (χ1n) is 15.5. The Hall–Kier alpha value is -3.43. The summed E-state index contributed by atoms with van der Waals surface area (Å²) in [4.78, 5) is 72.1. The van der Waals surface area contributed by atoms with Gasteiger partial charge in [-0.3, -0.25) is 24.0 Å². The van der Waals surface area contributed by atoms with Crippen LogP contribution in [0.25, 0.3) is 0 Å². The maximum Gasteiger partial charge on any atom is 0.245 e. The molecule has 1 aliphatic heterocycles. The second kappa shape index (κ2) is 15.9. The molecule has 0 radical (unpaired) electrons. The van der Waals surface area contributed by atoms with Crippen LogP contribution in [0, 0.1) is 23.7 Å². The summed E-state index contributed by atoms with van der Waals surface area (Å²) in [5.74, 6) is -2.67. The Morgan fingerprint density at radius 2 is 1.19 bits per heavy atom. The van der Waals surface area contributed by atoms with E-state index < -0.39 is 59.7 Å². The van der Waals surface area contributed by atoms with Crippen LogP contribution in [0.15, 0.2) is 30.3 Å². The first kappa shape index (κ1) is 35.8. The summed E-state index contributed by atoms with van der Waals surface area (Å²) < 4.78 is 0. The molecule has 0 unspecified atom stereocenters. The number of likely N-dealkylation sites (N-methyl/N-ethyl adjacent to an activating group) is 2. The average molecular weight is 600 g/mol. The molecule has 0 bridgehead atoms. The Morgan fingerprint density at radius 3 is 1.70 bits per heavy atom. The highest BCUT2D eigenvalue weighted by atomic mass is 16.2. The van der Waals surface area contributed by atoms with Gasteiger partial charge in [0.25, 0.3) is 0 Å². The van der Waals surface area contributed by atoms with Crippen LogP contribution in [-0.2, 0) is 30.4 Å². The molecule has 3 N–H and O–H groups in total. The van der Waals surface area contributed by atoms with Gasteiger partial charge in [-0.25, -0.2) is 0 Å². The molecule has 1 aromatic carbocycles. The van der Waals surface area contributed by atoms with Gasteiger partial charge in [-0.05, 0) is 42.1 Å². The van der Waals surface area contributed by atoms with Gasteiger partial charge in [-0.2, -0.15) is 0 Å². The fourth-order valence-corrected chi connectivity index (χ4v) is 5.61. The normalized spacial score (nSPS) is 25.2. The lowest BCUT2D eigenvalue weighted by atomic mass is 9.97. The summed E-state index contributed by atoms with van der Waals surface area (Å²) in [7, 11) is 3.12. The van der Waals surface area contributed by atoms with Gasteiger partial charge in [0.2, 0.25) is 29.5 Å². The SMILES string of the molecule is CC(C)C[C@@H]1C(=O)N[C@H](Cc2ccccc2)C(=O)N(C)[C@H](C(C)C)C(=O)N[C@H](CC(C)C)C(=O)N[C@H](C(C)C)C(=O)N1C. The minimum Gasteiger partial charge on any atom is -0.342 e. The quantitative estimate of drug-likeness (QED) is 0.424. The van der Waals surface area contributed by atoms with Crippen LogP contribution in [0.5, 0.6) is 0 Å². The number of rotatable bonds is 8. The zero-order valence-electron chi connectivity index (χ0n) is 27.6. The van der Waals surface area contributed by atoms with E-state index in [-0.39, 0.29) is 30.1 Å². The van der Waals surface area contributed by atoms with Crippen LogP contribution >= 0.6 is 0 Å². The molecular formula is C33H53N5O5. The highest BCUT2D eigenvalue weighted by molar-refractivity contribution is 5.98. The van der Waals surface area contributed by atoms with E-state index in [2.05, 4.69) is 16.0 Å². The Balaban J connectivity index is 2.71. The van der Waals surface area contributed by atoms with Crippen LogP contribution < -0.4 is 16.0 Å². The van der Waals surface area contributed by atoms with Crippen molar-refractivity contribution >= 4 is 29.5 Å². The summed E-state index contributed by atoms with van der Waals surface area (Å²) in [6.45, 7) is 15.2. The van der Waals surface area contributed by atoms with Crippen molar-refractivity contribution in [1.82, 2.24) is 25.8 Å². The molecule has 43 heavy (non-hydrogen) atoms. The lowest BCUT2D eigenvalue weighted by Crippen LogP contribution is -2.59. The Labute approximate surface area is 257 Å². The average Bonchev–Trinajstić information content (AvgIpc) is 2.91. The number of amides is 5. The molecule has 0 aliphatic carbocycles. The zero-order valence-corrected chi connectivity index (χ0v) is 27.6. The van der Waals surface area contributed by atoms with E-state index in [0.717, 1.165) is 5.56 Å². The number of hydrogen-bond donors (Lipinski definition) is 3.